The van der Waals surface area contributed by atoms with Crippen molar-refractivity contribution in [1.29, 1.82) is 0 Å². The first-order valence-corrected chi connectivity index (χ1v) is 10.2. The van der Waals surface area contributed by atoms with Gasteiger partial charge in [-0.3, -0.25) is 9.78 Å². The summed E-state index contributed by atoms with van der Waals surface area (Å²) in [6.07, 6.45) is 6.50. The smallest absolute Gasteiger partial charge is 0.321 e. The van der Waals surface area contributed by atoms with E-state index < -0.39 is 0 Å². The molecule has 0 atom stereocenters. The molecule has 1 N–H and O–H groups in total. The summed E-state index contributed by atoms with van der Waals surface area (Å²) in [5, 5.41) is 2.92. The molecule has 4 heterocycles. The van der Waals surface area contributed by atoms with Gasteiger partial charge in [0, 0.05) is 37.1 Å². The Morgan fingerprint density at radius 3 is 2.52 bits per heavy atom. The molecule has 8 nitrogen and oxygen atoms in total. The number of nitrogens with one attached hydrogen (secondary N) is 1. The van der Waals surface area contributed by atoms with Gasteiger partial charge in [0.25, 0.3) is 5.91 Å². The predicted octanol–water partition coefficient (Wildman–Crippen LogP) is 3.21. The van der Waals surface area contributed by atoms with Gasteiger partial charge in [0.05, 0.1) is 24.9 Å². The Labute approximate surface area is 179 Å². The maximum Gasteiger partial charge on any atom is 0.321 e. The fourth-order valence-corrected chi connectivity index (χ4v) is 3.73. The maximum absolute atomic E-state index is 12.4. The molecule has 158 valence electrons. The second-order valence-electron chi connectivity index (χ2n) is 7.80. The third-order valence-electron chi connectivity index (χ3n) is 5.64. The molecule has 2 saturated heterocycles. The molecule has 1 aromatic carbocycles. The van der Waals surface area contributed by atoms with Crippen LogP contribution in [-0.2, 0) is 0 Å². The van der Waals surface area contributed by atoms with Crippen molar-refractivity contribution in [1.82, 2.24) is 14.8 Å². The van der Waals surface area contributed by atoms with E-state index in [0.29, 0.717) is 49.1 Å². The van der Waals surface area contributed by atoms with Gasteiger partial charge in [0.15, 0.2) is 0 Å². The van der Waals surface area contributed by atoms with Crippen LogP contribution in [0.2, 0.25) is 0 Å². The minimum atomic E-state index is -0.110. The zero-order chi connectivity index (χ0) is 21.2. The highest BCUT2D eigenvalue weighted by atomic mass is 16.5. The second-order valence-corrected chi connectivity index (χ2v) is 7.80. The van der Waals surface area contributed by atoms with Crippen molar-refractivity contribution in [3.05, 3.63) is 78.5 Å². The second kappa shape index (κ2) is 8.14. The predicted molar refractivity (Wildman–Crippen MR) is 113 cm³/mol. The molecule has 31 heavy (non-hydrogen) atoms. The number of hydrogen-bond acceptors (Lipinski definition) is 5. The third kappa shape index (κ3) is 4.09. The van der Waals surface area contributed by atoms with Crippen LogP contribution in [0.4, 0.5) is 10.5 Å². The van der Waals surface area contributed by atoms with Gasteiger partial charge in [-0.1, -0.05) is 6.07 Å². The number of ether oxygens (including phenoxy) is 1. The third-order valence-corrected chi connectivity index (χ3v) is 5.64. The molecule has 0 aliphatic carbocycles. The fraction of sp³-hybridized carbons (Fsp3) is 0.261. The molecule has 0 saturated carbocycles. The summed E-state index contributed by atoms with van der Waals surface area (Å²) in [5.41, 5.74) is 2.43. The number of urea groups is 1. The normalized spacial score (nSPS) is 16.4. The SMILES string of the molecule is O=C(Nc1ccc(OC2CN(C(=O)c3ccoc3)C2)cc1)N1CC(c2cccnc2)C1. The number of anilines is 1. The zero-order valence-electron chi connectivity index (χ0n) is 16.8. The standard InChI is InChI=1S/C23H22N4O4/c28-22(17-7-9-30-15-17)26-13-21(14-26)31-20-5-3-19(4-6-20)25-23(29)27-11-18(12-27)16-2-1-8-24-10-16/h1-10,15,18,21H,11-14H2,(H,25,29). The first-order chi connectivity index (χ1) is 15.2. The van der Waals surface area contributed by atoms with E-state index in [9.17, 15) is 9.59 Å². The molecule has 2 fully saturated rings. The van der Waals surface area contributed by atoms with Crippen LogP contribution in [0.1, 0.15) is 21.8 Å². The van der Waals surface area contributed by atoms with Gasteiger partial charge in [-0.15, -0.1) is 0 Å². The van der Waals surface area contributed by atoms with Crippen molar-refractivity contribution in [3.8, 4) is 5.75 Å². The lowest BCUT2D eigenvalue weighted by Crippen LogP contribution is -2.56. The van der Waals surface area contributed by atoms with Crippen LogP contribution >= 0.6 is 0 Å². The Morgan fingerprint density at radius 1 is 1.03 bits per heavy atom. The molecule has 3 amide bonds. The number of rotatable bonds is 5. The first kappa shape index (κ1) is 19.2. The van der Waals surface area contributed by atoms with Crippen molar-refractivity contribution in [2.75, 3.05) is 31.5 Å². The summed E-state index contributed by atoms with van der Waals surface area (Å²) in [5.74, 6) is 1.00. The van der Waals surface area contributed by atoms with E-state index in [2.05, 4.69) is 10.3 Å². The molecule has 2 aliphatic rings. The lowest BCUT2D eigenvalue weighted by atomic mass is 9.93. The van der Waals surface area contributed by atoms with E-state index in [1.54, 1.807) is 22.1 Å². The van der Waals surface area contributed by atoms with Crippen LogP contribution in [0.5, 0.6) is 5.75 Å². The number of carbonyl (C=O) groups is 2. The van der Waals surface area contributed by atoms with Crippen LogP contribution in [0.15, 0.2) is 71.8 Å². The Bertz CT molecular complexity index is 1040. The summed E-state index contributed by atoms with van der Waals surface area (Å²) in [6, 6.07) is 12.8. The molecule has 2 aliphatic heterocycles. The Balaban J connectivity index is 1.06. The highest BCUT2D eigenvalue weighted by molar-refractivity contribution is 5.94. The number of pyridine rings is 1. The van der Waals surface area contributed by atoms with Gasteiger partial charge in [-0.2, -0.15) is 0 Å². The number of nitrogens with zero attached hydrogens (tertiary/aromatic N) is 3. The number of hydrogen-bond donors (Lipinski definition) is 1. The zero-order valence-corrected chi connectivity index (χ0v) is 16.8. The minimum absolute atomic E-state index is 0.0400. The van der Waals surface area contributed by atoms with Crippen molar-refractivity contribution < 1.29 is 18.7 Å². The Hall–Kier alpha value is -3.81. The summed E-state index contributed by atoms with van der Waals surface area (Å²) in [4.78, 5) is 32.2. The number of amides is 3. The molecule has 3 aromatic rings. The number of furan rings is 1. The molecule has 0 unspecified atom stereocenters. The van der Waals surface area contributed by atoms with E-state index in [-0.39, 0.29) is 18.0 Å². The van der Waals surface area contributed by atoms with Gasteiger partial charge in [0.1, 0.15) is 18.1 Å². The lowest BCUT2D eigenvalue weighted by Gasteiger charge is -2.39. The Kier molecular flexibility index (Phi) is 5.03. The van der Waals surface area contributed by atoms with Crippen LogP contribution in [-0.4, -0.2) is 59.0 Å². The summed E-state index contributed by atoms with van der Waals surface area (Å²) < 4.78 is 10.9. The number of likely N-dealkylation sites (tertiary alicyclic amines) is 2. The fourth-order valence-electron chi connectivity index (χ4n) is 3.73. The van der Waals surface area contributed by atoms with Crippen LogP contribution in [0.25, 0.3) is 0 Å². The van der Waals surface area contributed by atoms with Gasteiger partial charge in [-0.25, -0.2) is 4.79 Å². The maximum atomic E-state index is 12.4. The average molecular weight is 418 g/mol. The van der Waals surface area contributed by atoms with E-state index in [0.717, 1.165) is 5.56 Å². The van der Waals surface area contributed by atoms with Gasteiger partial charge in [-0.05, 0) is 42.0 Å². The molecule has 0 bridgehead atoms. The number of benzene rings is 1. The van der Waals surface area contributed by atoms with E-state index in [1.165, 1.54) is 12.5 Å². The van der Waals surface area contributed by atoms with Crippen molar-refractivity contribution in [2.24, 2.45) is 0 Å². The quantitative estimate of drug-likeness (QED) is 0.687. The highest BCUT2D eigenvalue weighted by Crippen LogP contribution is 2.27. The molecule has 2 aromatic heterocycles. The van der Waals surface area contributed by atoms with Crippen molar-refractivity contribution in [2.45, 2.75) is 12.0 Å². The lowest BCUT2D eigenvalue weighted by molar-refractivity contribution is 0.0177. The van der Waals surface area contributed by atoms with Gasteiger partial charge < -0.3 is 24.3 Å². The molecular weight excluding hydrogens is 396 g/mol. The van der Waals surface area contributed by atoms with E-state index in [1.807, 2.05) is 42.6 Å². The summed E-state index contributed by atoms with van der Waals surface area (Å²) in [7, 11) is 0. The highest BCUT2D eigenvalue weighted by Gasteiger charge is 2.33. The minimum Gasteiger partial charge on any atom is -0.487 e. The molecule has 0 spiro atoms. The summed E-state index contributed by atoms with van der Waals surface area (Å²) >= 11 is 0. The number of carbonyl (C=O) groups excluding carboxylic acids is 2. The first-order valence-electron chi connectivity index (χ1n) is 10.2. The molecule has 5 rings (SSSR count). The van der Waals surface area contributed by atoms with Crippen LogP contribution in [0, 0.1) is 0 Å². The average Bonchev–Trinajstić information content (AvgIpc) is 3.26. The van der Waals surface area contributed by atoms with E-state index >= 15 is 0 Å². The molecule has 8 heteroatoms. The van der Waals surface area contributed by atoms with Crippen LogP contribution in [0.3, 0.4) is 0 Å². The molecular formula is C23H22N4O4. The van der Waals surface area contributed by atoms with Crippen LogP contribution < -0.4 is 10.1 Å². The van der Waals surface area contributed by atoms with Gasteiger partial charge >= 0.3 is 6.03 Å². The van der Waals surface area contributed by atoms with Gasteiger partial charge in [0.2, 0.25) is 0 Å². The monoisotopic (exact) mass is 418 g/mol. The van der Waals surface area contributed by atoms with Crippen molar-refractivity contribution in [3.63, 3.8) is 0 Å². The van der Waals surface area contributed by atoms with Crippen molar-refractivity contribution >= 4 is 17.6 Å². The molecule has 0 radical (unpaired) electrons. The summed E-state index contributed by atoms with van der Waals surface area (Å²) in [6.45, 7) is 2.45. The Morgan fingerprint density at radius 2 is 1.84 bits per heavy atom. The largest absolute Gasteiger partial charge is 0.487 e. The van der Waals surface area contributed by atoms with E-state index in [4.69, 9.17) is 9.15 Å². The topological polar surface area (TPSA) is 87.9 Å². The number of aromatic nitrogens is 1.